The number of aryl methyl sites for hydroxylation is 1. The van der Waals surface area contributed by atoms with Crippen molar-refractivity contribution < 1.29 is 4.84 Å². The zero-order valence-electron chi connectivity index (χ0n) is 21.2. The molecule has 7 heteroatoms. The van der Waals surface area contributed by atoms with Crippen LogP contribution in [0.1, 0.15) is 57.7 Å². The summed E-state index contributed by atoms with van der Waals surface area (Å²) in [5.41, 5.74) is 4.19. The van der Waals surface area contributed by atoms with Crippen molar-refractivity contribution in [2.75, 3.05) is 11.9 Å². The molecule has 0 atom stereocenters. The number of hydrogen-bond acceptors (Lipinski definition) is 6. The number of rotatable bonds is 5. The predicted octanol–water partition coefficient (Wildman–Crippen LogP) is 5.02. The van der Waals surface area contributed by atoms with Gasteiger partial charge in [0.25, 0.3) is 5.56 Å². The molecule has 2 heterocycles. The van der Waals surface area contributed by atoms with Crippen LogP contribution in [0.2, 0.25) is 0 Å². The summed E-state index contributed by atoms with van der Waals surface area (Å²) < 4.78 is 1.58. The van der Waals surface area contributed by atoms with Gasteiger partial charge in [-0.1, -0.05) is 35.5 Å². The lowest BCUT2D eigenvalue weighted by molar-refractivity contribution is -0.0000286. The van der Waals surface area contributed by atoms with E-state index in [0.717, 1.165) is 48.2 Å². The molecule has 0 spiro atoms. The molecule has 0 aliphatic heterocycles. The van der Waals surface area contributed by atoms with Gasteiger partial charge in [0.1, 0.15) is 22.9 Å². The van der Waals surface area contributed by atoms with Crippen LogP contribution in [-0.2, 0) is 11.9 Å². The lowest BCUT2D eigenvalue weighted by atomic mass is 9.80. The van der Waals surface area contributed by atoms with Crippen molar-refractivity contribution in [2.24, 2.45) is 18.1 Å². The second-order valence-electron chi connectivity index (χ2n) is 10.3. The standard InChI is InChI=1S/C28H33N5O2/c1-28(2,3)35-31-26(19-9-7-6-8-10-19)20-11-14-22(15-12-20)32(4)24-17-25(34)33(5)23-16-13-21(18-29)30-27(23)24/h6-10,13,16-17,20,22H,11-12,14-15H2,1-5H3/b31-26-. The SMILES string of the molecule is CN(c1cc(=O)n(C)c2ccc(C#N)nc12)C1CCC(/C(=N\OC(C)(C)C)c2ccccc2)CC1. The fourth-order valence-electron chi connectivity index (χ4n) is 4.73. The molecule has 1 aliphatic rings. The number of nitrogens with zero attached hydrogens (tertiary/aromatic N) is 5. The molecule has 3 aromatic rings. The van der Waals surface area contributed by atoms with E-state index in [1.807, 2.05) is 46.0 Å². The van der Waals surface area contributed by atoms with Gasteiger partial charge in [0.15, 0.2) is 0 Å². The number of fused-ring (bicyclic) bond motifs is 1. The number of hydrogen-bond donors (Lipinski definition) is 0. The van der Waals surface area contributed by atoms with Crippen LogP contribution in [-0.4, -0.2) is 34.0 Å². The first kappa shape index (κ1) is 24.5. The third kappa shape index (κ3) is 5.37. The van der Waals surface area contributed by atoms with E-state index in [9.17, 15) is 10.1 Å². The fourth-order valence-corrected chi connectivity index (χ4v) is 4.73. The van der Waals surface area contributed by atoms with Gasteiger partial charge in [-0.15, -0.1) is 0 Å². The van der Waals surface area contributed by atoms with E-state index < -0.39 is 0 Å². The Morgan fingerprint density at radius 1 is 1.14 bits per heavy atom. The number of pyridine rings is 2. The van der Waals surface area contributed by atoms with Crippen molar-refractivity contribution >= 4 is 22.4 Å². The maximum absolute atomic E-state index is 12.7. The van der Waals surface area contributed by atoms with Gasteiger partial charge in [-0.2, -0.15) is 5.26 Å². The maximum Gasteiger partial charge on any atom is 0.252 e. The van der Waals surface area contributed by atoms with Gasteiger partial charge in [-0.05, 0) is 64.2 Å². The zero-order valence-corrected chi connectivity index (χ0v) is 21.2. The van der Waals surface area contributed by atoms with Crippen LogP contribution in [0, 0.1) is 17.2 Å². The van der Waals surface area contributed by atoms with E-state index in [-0.39, 0.29) is 17.2 Å². The molecule has 1 fully saturated rings. The van der Waals surface area contributed by atoms with Crippen molar-refractivity contribution in [1.82, 2.24) is 9.55 Å². The minimum atomic E-state index is -0.354. The van der Waals surface area contributed by atoms with Gasteiger partial charge in [0, 0.05) is 32.1 Å². The first-order chi connectivity index (χ1) is 16.7. The molecule has 4 rings (SSSR count). The summed E-state index contributed by atoms with van der Waals surface area (Å²) in [4.78, 5) is 25.2. The van der Waals surface area contributed by atoms with E-state index in [4.69, 9.17) is 4.84 Å². The molecule has 0 unspecified atom stereocenters. The average molecular weight is 472 g/mol. The van der Waals surface area contributed by atoms with Crippen molar-refractivity contribution in [3.8, 4) is 6.07 Å². The molecule has 0 saturated heterocycles. The average Bonchev–Trinajstić information content (AvgIpc) is 2.86. The molecule has 0 N–H and O–H groups in total. The monoisotopic (exact) mass is 471 g/mol. The van der Waals surface area contributed by atoms with E-state index in [0.29, 0.717) is 17.1 Å². The third-order valence-electron chi connectivity index (χ3n) is 6.68. The van der Waals surface area contributed by atoms with Crippen molar-refractivity contribution in [1.29, 1.82) is 5.26 Å². The van der Waals surface area contributed by atoms with Crippen LogP contribution in [0.15, 0.2) is 58.5 Å². The number of oxime groups is 1. The van der Waals surface area contributed by atoms with Gasteiger partial charge >= 0.3 is 0 Å². The summed E-state index contributed by atoms with van der Waals surface area (Å²) in [6.45, 7) is 6.02. The van der Waals surface area contributed by atoms with E-state index >= 15 is 0 Å². The minimum Gasteiger partial charge on any atom is -0.390 e. The summed E-state index contributed by atoms with van der Waals surface area (Å²) >= 11 is 0. The number of anilines is 1. The number of nitriles is 1. The molecule has 1 saturated carbocycles. The summed E-state index contributed by atoms with van der Waals surface area (Å²) in [6, 6.07) is 17.7. The highest BCUT2D eigenvalue weighted by Crippen LogP contribution is 2.34. The zero-order chi connectivity index (χ0) is 25.2. The Balaban J connectivity index is 1.59. The summed E-state index contributed by atoms with van der Waals surface area (Å²) in [5, 5.41) is 14.0. The molecule has 1 aliphatic carbocycles. The molecule has 182 valence electrons. The Morgan fingerprint density at radius 3 is 2.46 bits per heavy atom. The smallest absolute Gasteiger partial charge is 0.252 e. The fraction of sp³-hybridized carbons (Fsp3) is 0.429. The molecule has 0 bridgehead atoms. The van der Waals surface area contributed by atoms with Gasteiger partial charge < -0.3 is 14.3 Å². The highest BCUT2D eigenvalue weighted by Gasteiger charge is 2.30. The quantitative estimate of drug-likeness (QED) is 0.385. The lowest BCUT2D eigenvalue weighted by Gasteiger charge is -2.36. The van der Waals surface area contributed by atoms with E-state index in [2.05, 4.69) is 33.2 Å². The minimum absolute atomic E-state index is 0.0858. The highest BCUT2D eigenvalue weighted by molar-refractivity contribution is 6.02. The van der Waals surface area contributed by atoms with Crippen LogP contribution in [0.4, 0.5) is 5.69 Å². The molecule has 35 heavy (non-hydrogen) atoms. The molecule has 0 amide bonds. The largest absolute Gasteiger partial charge is 0.390 e. The van der Waals surface area contributed by atoms with Gasteiger partial charge in [0.05, 0.1) is 16.9 Å². The summed E-state index contributed by atoms with van der Waals surface area (Å²) in [5.74, 6) is 0.299. The molecular formula is C28H33N5O2. The Hall–Kier alpha value is -3.66. The number of benzene rings is 1. The predicted molar refractivity (Wildman–Crippen MR) is 140 cm³/mol. The maximum atomic E-state index is 12.7. The normalized spacial score (nSPS) is 18.8. The van der Waals surface area contributed by atoms with Crippen LogP contribution in [0.5, 0.6) is 0 Å². The lowest BCUT2D eigenvalue weighted by Crippen LogP contribution is -2.38. The first-order valence-corrected chi connectivity index (χ1v) is 12.1. The molecular weight excluding hydrogens is 438 g/mol. The van der Waals surface area contributed by atoms with Crippen molar-refractivity contribution in [2.45, 2.75) is 58.1 Å². The van der Waals surface area contributed by atoms with Crippen LogP contribution in [0.3, 0.4) is 0 Å². The van der Waals surface area contributed by atoms with Crippen LogP contribution < -0.4 is 10.5 Å². The van der Waals surface area contributed by atoms with Gasteiger partial charge in [0.2, 0.25) is 0 Å². The summed E-state index contributed by atoms with van der Waals surface area (Å²) in [7, 11) is 3.76. The van der Waals surface area contributed by atoms with E-state index in [1.165, 1.54) is 0 Å². The topological polar surface area (TPSA) is 83.5 Å². The Bertz CT molecular complexity index is 1320. The van der Waals surface area contributed by atoms with E-state index in [1.54, 1.807) is 29.8 Å². The Labute approximate surface area is 206 Å². The van der Waals surface area contributed by atoms with Crippen LogP contribution >= 0.6 is 0 Å². The van der Waals surface area contributed by atoms with Crippen LogP contribution in [0.25, 0.3) is 11.0 Å². The second kappa shape index (κ2) is 9.91. The Morgan fingerprint density at radius 2 is 1.83 bits per heavy atom. The number of aromatic nitrogens is 2. The Kier molecular flexibility index (Phi) is 6.93. The molecule has 7 nitrogen and oxygen atoms in total. The third-order valence-corrected chi connectivity index (χ3v) is 6.68. The second-order valence-corrected chi connectivity index (χ2v) is 10.3. The van der Waals surface area contributed by atoms with Gasteiger partial charge in [-0.3, -0.25) is 4.79 Å². The summed E-state index contributed by atoms with van der Waals surface area (Å²) in [6.07, 6.45) is 3.85. The highest BCUT2D eigenvalue weighted by atomic mass is 16.6. The molecule has 0 radical (unpaired) electrons. The first-order valence-electron chi connectivity index (χ1n) is 12.1. The van der Waals surface area contributed by atoms with Gasteiger partial charge in [-0.25, -0.2) is 4.98 Å². The van der Waals surface area contributed by atoms with Crippen molar-refractivity contribution in [3.05, 3.63) is 70.1 Å². The van der Waals surface area contributed by atoms with Crippen molar-refractivity contribution in [3.63, 3.8) is 0 Å². The molecule has 1 aromatic carbocycles. The molecule has 2 aromatic heterocycles.